The molecule has 3 aliphatic rings. The molecule has 3 aliphatic heterocycles. The standard InChI is InChI=1S/C26H22N4O6/c1-27-7-2-8-30-10-14(20-16(30)4-6-18-24(20)36-12-34-18)22-21(25(31)29-26(22)32)13-9-28-15-3-5-17-23(19(13)15)35-11-33-17/h3-6,9-10,27-28H,2,7-8,11-12H2,1H3,(H,29,31,32). The number of fused-ring (bicyclic) bond motifs is 6. The highest BCUT2D eigenvalue weighted by Crippen LogP contribution is 2.48. The molecule has 10 nitrogen and oxygen atoms in total. The van der Waals surface area contributed by atoms with Gasteiger partial charge in [-0.2, -0.15) is 0 Å². The number of benzene rings is 2. The fraction of sp³-hybridized carbons (Fsp3) is 0.231. The number of amides is 2. The van der Waals surface area contributed by atoms with Gasteiger partial charge in [-0.3, -0.25) is 14.9 Å². The maximum atomic E-state index is 13.3. The number of aromatic amines is 1. The van der Waals surface area contributed by atoms with Gasteiger partial charge in [0, 0.05) is 30.1 Å². The van der Waals surface area contributed by atoms with E-state index in [-0.39, 0.29) is 19.2 Å². The van der Waals surface area contributed by atoms with Gasteiger partial charge in [0.1, 0.15) is 0 Å². The highest BCUT2D eigenvalue weighted by Gasteiger charge is 2.37. The van der Waals surface area contributed by atoms with Gasteiger partial charge in [-0.15, -0.1) is 0 Å². The third kappa shape index (κ3) is 2.88. The van der Waals surface area contributed by atoms with E-state index in [9.17, 15) is 9.59 Å². The summed E-state index contributed by atoms with van der Waals surface area (Å²) in [5, 5.41) is 7.11. The maximum absolute atomic E-state index is 13.3. The van der Waals surface area contributed by atoms with Crippen LogP contribution in [0.4, 0.5) is 0 Å². The van der Waals surface area contributed by atoms with Crippen molar-refractivity contribution in [1.82, 2.24) is 20.2 Å². The number of carbonyl (C=O) groups is 2. The molecule has 0 atom stereocenters. The van der Waals surface area contributed by atoms with E-state index in [4.69, 9.17) is 18.9 Å². The summed E-state index contributed by atoms with van der Waals surface area (Å²) in [7, 11) is 1.91. The first kappa shape index (κ1) is 20.9. The molecule has 2 aromatic heterocycles. The molecule has 0 saturated heterocycles. The number of rotatable bonds is 6. The van der Waals surface area contributed by atoms with E-state index >= 15 is 0 Å². The van der Waals surface area contributed by atoms with E-state index < -0.39 is 11.8 Å². The van der Waals surface area contributed by atoms with E-state index in [0.29, 0.717) is 45.1 Å². The molecule has 0 radical (unpaired) electrons. The summed E-state index contributed by atoms with van der Waals surface area (Å²) < 4.78 is 24.8. The molecular formula is C26H22N4O6. The number of ether oxygens (including phenoxy) is 4. The minimum absolute atomic E-state index is 0.0969. The highest BCUT2D eigenvalue weighted by atomic mass is 16.7. The number of hydrogen-bond donors (Lipinski definition) is 3. The smallest absolute Gasteiger partial charge is 0.259 e. The van der Waals surface area contributed by atoms with Crippen molar-refractivity contribution in [3.05, 3.63) is 47.8 Å². The second-order valence-electron chi connectivity index (χ2n) is 8.84. The summed E-state index contributed by atoms with van der Waals surface area (Å²) in [5.74, 6) is 1.41. The Morgan fingerprint density at radius 3 is 2.33 bits per heavy atom. The SMILES string of the molecule is CNCCCn1cc(C2=C(c3c[nH]c4ccc5c(c34)OCO5)C(=O)NC2=O)c2c3c(ccc21)OCO3. The Labute approximate surface area is 204 Å². The fourth-order valence-corrected chi connectivity index (χ4v) is 5.30. The summed E-state index contributed by atoms with van der Waals surface area (Å²) >= 11 is 0. The van der Waals surface area contributed by atoms with Crippen molar-refractivity contribution < 1.29 is 28.5 Å². The molecule has 182 valence electrons. The van der Waals surface area contributed by atoms with Crippen molar-refractivity contribution >= 4 is 44.8 Å². The number of hydrogen-bond acceptors (Lipinski definition) is 7. The van der Waals surface area contributed by atoms with Gasteiger partial charge in [-0.1, -0.05) is 0 Å². The fourth-order valence-electron chi connectivity index (χ4n) is 5.30. The first-order valence-electron chi connectivity index (χ1n) is 11.7. The number of nitrogens with one attached hydrogen (secondary N) is 3. The third-order valence-electron chi connectivity index (χ3n) is 6.86. The van der Waals surface area contributed by atoms with Crippen molar-refractivity contribution in [3.63, 3.8) is 0 Å². The molecule has 0 fully saturated rings. The van der Waals surface area contributed by atoms with Crippen LogP contribution < -0.4 is 29.6 Å². The van der Waals surface area contributed by atoms with Crippen LogP contribution in [0.2, 0.25) is 0 Å². The van der Waals surface area contributed by atoms with Gasteiger partial charge in [-0.25, -0.2) is 0 Å². The molecule has 0 aliphatic carbocycles. The van der Waals surface area contributed by atoms with Gasteiger partial charge in [0.15, 0.2) is 23.0 Å². The first-order valence-corrected chi connectivity index (χ1v) is 11.7. The predicted octanol–water partition coefficient (Wildman–Crippen LogP) is 2.76. The molecule has 0 spiro atoms. The van der Waals surface area contributed by atoms with Crippen LogP contribution >= 0.6 is 0 Å². The zero-order valence-electron chi connectivity index (χ0n) is 19.4. The lowest BCUT2D eigenvalue weighted by molar-refractivity contribution is -0.122. The molecule has 36 heavy (non-hydrogen) atoms. The van der Waals surface area contributed by atoms with E-state index in [2.05, 4.69) is 20.2 Å². The predicted molar refractivity (Wildman–Crippen MR) is 131 cm³/mol. The Kier molecular flexibility index (Phi) is 4.52. The number of carbonyl (C=O) groups excluding carboxylic acids is 2. The molecule has 3 N–H and O–H groups in total. The average molecular weight is 486 g/mol. The molecule has 0 bridgehead atoms. The average Bonchev–Trinajstić information content (AvgIpc) is 3.68. The normalized spacial score (nSPS) is 16.1. The monoisotopic (exact) mass is 486 g/mol. The number of aryl methyl sites for hydroxylation is 1. The van der Waals surface area contributed by atoms with Crippen LogP contribution in [-0.4, -0.2) is 48.5 Å². The summed E-state index contributed by atoms with van der Waals surface area (Å²) in [6.07, 6.45) is 4.54. The molecule has 2 amide bonds. The molecule has 5 heterocycles. The van der Waals surface area contributed by atoms with Crippen molar-refractivity contribution in [2.24, 2.45) is 0 Å². The lowest BCUT2D eigenvalue weighted by Crippen LogP contribution is -2.22. The molecule has 0 unspecified atom stereocenters. The summed E-state index contributed by atoms with van der Waals surface area (Å²) in [6, 6.07) is 7.52. The summed E-state index contributed by atoms with van der Waals surface area (Å²) in [5.41, 5.74) is 3.45. The minimum atomic E-state index is -0.465. The topological polar surface area (TPSA) is 116 Å². The molecule has 10 heteroatoms. The van der Waals surface area contributed by atoms with E-state index in [1.54, 1.807) is 6.20 Å². The van der Waals surface area contributed by atoms with Gasteiger partial charge in [-0.05, 0) is 44.3 Å². The van der Waals surface area contributed by atoms with Gasteiger partial charge in [0.25, 0.3) is 11.8 Å². The summed E-state index contributed by atoms with van der Waals surface area (Å²) in [4.78, 5) is 29.8. The zero-order valence-corrected chi connectivity index (χ0v) is 19.4. The maximum Gasteiger partial charge on any atom is 0.259 e. The lowest BCUT2D eigenvalue weighted by Gasteiger charge is -2.06. The molecular weight excluding hydrogens is 464 g/mol. The number of nitrogens with zero attached hydrogens (tertiary/aromatic N) is 1. The lowest BCUT2D eigenvalue weighted by atomic mass is 9.95. The quantitative estimate of drug-likeness (QED) is 0.284. The molecule has 4 aromatic rings. The van der Waals surface area contributed by atoms with E-state index in [1.165, 1.54) is 0 Å². The second kappa shape index (κ2) is 7.79. The Morgan fingerprint density at radius 2 is 1.58 bits per heavy atom. The first-order chi connectivity index (χ1) is 17.7. The van der Waals surface area contributed by atoms with Gasteiger partial charge >= 0.3 is 0 Å². The Balaban J connectivity index is 1.51. The van der Waals surface area contributed by atoms with E-state index in [1.807, 2.05) is 37.5 Å². The summed E-state index contributed by atoms with van der Waals surface area (Å²) in [6.45, 7) is 1.76. The Hall–Kier alpha value is -4.44. The van der Waals surface area contributed by atoms with Crippen molar-refractivity contribution in [2.75, 3.05) is 27.2 Å². The van der Waals surface area contributed by atoms with Crippen LogP contribution in [0.3, 0.4) is 0 Å². The van der Waals surface area contributed by atoms with Crippen LogP contribution in [0.15, 0.2) is 36.7 Å². The largest absolute Gasteiger partial charge is 0.454 e. The van der Waals surface area contributed by atoms with Crippen LogP contribution in [0, 0.1) is 0 Å². The van der Waals surface area contributed by atoms with Crippen LogP contribution in [-0.2, 0) is 16.1 Å². The number of imide groups is 1. The van der Waals surface area contributed by atoms with E-state index in [0.717, 1.165) is 35.9 Å². The molecule has 7 rings (SSSR count). The highest BCUT2D eigenvalue weighted by molar-refractivity contribution is 6.51. The zero-order chi connectivity index (χ0) is 24.4. The minimum Gasteiger partial charge on any atom is -0.454 e. The van der Waals surface area contributed by atoms with Crippen LogP contribution in [0.5, 0.6) is 23.0 Å². The van der Waals surface area contributed by atoms with Gasteiger partial charge in [0.2, 0.25) is 13.6 Å². The van der Waals surface area contributed by atoms with Crippen LogP contribution in [0.1, 0.15) is 17.5 Å². The number of aromatic nitrogens is 2. The van der Waals surface area contributed by atoms with Crippen molar-refractivity contribution in [3.8, 4) is 23.0 Å². The Morgan fingerprint density at radius 1 is 0.889 bits per heavy atom. The Bertz CT molecular complexity index is 1630. The van der Waals surface area contributed by atoms with Gasteiger partial charge < -0.3 is 33.8 Å². The van der Waals surface area contributed by atoms with Gasteiger partial charge in [0.05, 0.1) is 33.0 Å². The number of H-pyrrole nitrogens is 1. The molecule has 0 saturated carbocycles. The van der Waals surface area contributed by atoms with Crippen molar-refractivity contribution in [2.45, 2.75) is 13.0 Å². The molecule has 2 aromatic carbocycles. The second-order valence-corrected chi connectivity index (χ2v) is 8.84. The van der Waals surface area contributed by atoms with Crippen LogP contribution in [0.25, 0.3) is 33.0 Å². The third-order valence-corrected chi connectivity index (χ3v) is 6.86. The van der Waals surface area contributed by atoms with Crippen molar-refractivity contribution in [1.29, 1.82) is 0 Å².